The molecule has 3 N–H and O–H groups in total. The first-order chi connectivity index (χ1) is 11.7. The number of rotatable bonds is 6. The molecule has 1 amide bonds. The molecule has 0 bridgehead atoms. The normalized spacial score (nSPS) is 15.6. The van der Waals surface area contributed by atoms with E-state index in [0.717, 1.165) is 30.2 Å². The third kappa shape index (κ3) is 4.84. The van der Waals surface area contributed by atoms with E-state index < -0.39 is 0 Å². The highest BCUT2D eigenvalue weighted by atomic mass is 35.5. The highest BCUT2D eigenvalue weighted by molar-refractivity contribution is 5.94. The van der Waals surface area contributed by atoms with E-state index in [9.17, 15) is 4.79 Å². The minimum absolute atomic E-state index is 0. The molecule has 2 aromatic rings. The standard InChI is InChI=1S/C19H25N3O2.ClH/c1-14-4-9-18(24-14)17(22-10-2-3-11-22)13-21-19(23)16-7-5-15(12-20)6-8-16;/h4-9,17H,2-3,10-13,20H2,1H3,(H,21,23);1H. The summed E-state index contributed by atoms with van der Waals surface area (Å²) in [4.78, 5) is 14.8. The second kappa shape index (κ2) is 9.04. The van der Waals surface area contributed by atoms with Crippen LogP contribution in [0.15, 0.2) is 40.8 Å². The molecule has 1 aliphatic rings. The van der Waals surface area contributed by atoms with Crippen molar-refractivity contribution in [1.82, 2.24) is 10.2 Å². The van der Waals surface area contributed by atoms with Gasteiger partial charge in [0.2, 0.25) is 0 Å². The van der Waals surface area contributed by atoms with Gasteiger partial charge in [-0.25, -0.2) is 0 Å². The maximum absolute atomic E-state index is 12.4. The maximum atomic E-state index is 12.4. The number of likely N-dealkylation sites (tertiary alicyclic amines) is 1. The van der Waals surface area contributed by atoms with Crippen molar-refractivity contribution in [2.75, 3.05) is 19.6 Å². The molecular formula is C19H26ClN3O2. The second-order valence-corrected chi connectivity index (χ2v) is 6.32. The van der Waals surface area contributed by atoms with Crippen LogP contribution in [-0.2, 0) is 6.54 Å². The van der Waals surface area contributed by atoms with Gasteiger partial charge in [-0.2, -0.15) is 0 Å². The highest BCUT2D eigenvalue weighted by Crippen LogP contribution is 2.26. The quantitative estimate of drug-likeness (QED) is 0.827. The second-order valence-electron chi connectivity index (χ2n) is 6.32. The molecule has 136 valence electrons. The highest BCUT2D eigenvalue weighted by Gasteiger charge is 2.26. The van der Waals surface area contributed by atoms with Crippen molar-refractivity contribution in [2.24, 2.45) is 5.73 Å². The number of carbonyl (C=O) groups excluding carboxylic acids is 1. The molecule has 1 atom stereocenters. The lowest BCUT2D eigenvalue weighted by molar-refractivity contribution is 0.0933. The van der Waals surface area contributed by atoms with E-state index in [1.54, 1.807) is 0 Å². The van der Waals surface area contributed by atoms with Crippen molar-refractivity contribution in [3.63, 3.8) is 0 Å². The molecule has 3 rings (SSSR count). The van der Waals surface area contributed by atoms with Gasteiger partial charge in [-0.3, -0.25) is 9.69 Å². The molecule has 0 radical (unpaired) electrons. The Hall–Kier alpha value is -1.82. The van der Waals surface area contributed by atoms with E-state index in [1.807, 2.05) is 43.3 Å². The molecule has 0 spiro atoms. The van der Waals surface area contributed by atoms with Gasteiger partial charge in [-0.1, -0.05) is 12.1 Å². The van der Waals surface area contributed by atoms with Crippen LogP contribution >= 0.6 is 12.4 Å². The van der Waals surface area contributed by atoms with Crippen molar-refractivity contribution in [2.45, 2.75) is 32.4 Å². The number of nitrogens with one attached hydrogen (secondary N) is 1. The van der Waals surface area contributed by atoms with Gasteiger partial charge in [0.1, 0.15) is 11.5 Å². The summed E-state index contributed by atoms with van der Waals surface area (Å²) in [5.41, 5.74) is 7.27. The molecule has 0 saturated carbocycles. The fraction of sp³-hybridized carbons (Fsp3) is 0.421. The van der Waals surface area contributed by atoms with Gasteiger partial charge in [-0.05, 0) is 62.7 Å². The fourth-order valence-corrected chi connectivity index (χ4v) is 3.18. The summed E-state index contributed by atoms with van der Waals surface area (Å²) in [5.74, 6) is 1.76. The summed E-state index contributed by atoms with van der Waals surface area (Å²) < 4.78 is 5.82. The van der Waals surface area contributed by atoms with Crippen LogP contribution in [0.4, 0.5) is 0 Å². The summed E-state index contributed by atoms with van der Waals surface area (Å²) in [7, 11) is 0. The van der Waals surface area contributed by atoms with Crippen LogP contribution in [0.2, 0.25) is 0 Å². The SMILES string of the molecule is Cc1ccc(C(CNC(=O)c2ccc(CN)cc2)N2CCCC2)o1.Cl. The zero-order chi connectivity index (χ0) is 16.9. The van der Waals surface area contributed by atoms with E-state index in [1.165, 1.54) is 12.8 Å². The van der Waals surface area contributed by atoms with Crippen molar-refractivity contribution in [3.05, 3.63) is 59.0 Å². The smallest absolute Gasteiger partial charge is 0.251 e. The van der Waals surface area contributed by atoms with E-state index in [4.69, 9.17) is 10.2 Å². The molecule has 0 aliphatic carbocycles. The largest absolute Gasteiger partial charge is 0.465 e. The molecule has 1 aromatic carbocycles. The fourth-order valence-electron chi connectivity index (χ4n) is 3.18. The first-order valence-corrected chi connectivity index (χ1v) is 8.55. The summed E-state index contributed by atoms with van der Waals surface area (Å²) in [6.07, 6.45) is 2.40. The molecule has 6 heteroatoms. The zero-order valence-electron chi connectivity index (χ0n) is 14.5. The maximum Gasteiger partial charge on any atom is 0.251 e. The van der Waals surface area contributed by atoms with Crippen molar-refractivity contribution < 1.29 is 9.21 Å². The molecule has 25 heavy (non-hydrogen) atoms. The Balaban J connectivity index is 0.00000225. The van der Waals surface area contributed by atoms with Gasteiger partial charge in [0.05, 0.1) is 6.04 Å². The van der Waals surface area contributed by atoms with Crippen molar-refractivity contribution in [1.29, 1.82) is 0 Å². The average molecular weight is 364 g/mol. The van der Waals surface area contributed by atoms with Gasteiger partial charge in [-0.15, -0.1) is 12.4 Å². The van der Waals surface area contributed by atoms with E-state index in [2.05, 4.69) is 10.2 Å². The Bertz CT molecular complexity index is 678. The number of hydrogen-bond acceptors (Lipinski definition) is 4. The van der Waals surface area contributed by atoms with E-state index >= 15 is 0 Å². The Kier molecular flexibility index (Phi) is 7.05. The number of nitrogens with zero attached hydrogens (tertiary/aromatic N) is 1. The van der Waals surface area contributed by atoms with E-state index in [-0.39, 0.29) is 24.4 Å². The number of hydrogen-bond donors (Lipinski definition) is 2. The van der Waals surface area contributed by atoms with Gasteiger partial charge >= 0.3 is 0 Å². The Morgan fingerprint density at radius 1 is 1.20 bits per heavy atom. The van der Waals surface area contributed by atoms with Crippen LogP contribution in [0.5, 0.6) is 0 Å². The first-order valence-electron chi connectivity index (χ1n) is 8.55. The summed E-state index contributed by atoms with van der Waals surface area (Å²) in [5, 5.41) is 3.05. The lowest BCUT2D eigenvalue weighted by atomic mass is 10.1. The minimum Gasteiger partial charge on any atom is -0.465 e. The summed E-state index contributed by atoms with van der Waals surface area (Å²) in [6.45, 7) is 5.07. The van der Waals surface area contributed by atoms with Crippen LogP contribution < -0.4 is 11.1 Å². The predicted octanol–water partition coefficient (Wildman–Crippen LogP) is 3.04. The molecule has 1 aliphatic heterocycles. The topological polar surface area (TPSA) is 71.5 Å². The lowest BCUT2D eigenvalue weighted by Crippen LogP contribution is -2.36. The molecule has 1 unspecified atom stereocenters. The summed E-state index contributed by atoms with van der Waals surface area (Å²) >= 11 is 0. The van der Waals surface area contributed by atoms with Crippen LogP contribution in [0.25, 0.3) is 0 Å². The third-order valence-electron chi connectivity index (χ3n) is 4.58. The molecule has 2 heterocycles. The van der Waals surface area contributed by atoms with E-state index in [0.29, 0.717) is 18.7 Å². The number of nitrogens with two attached hydrogens (primary N) is 1. The number of aryl methyl sites for hydroxylation is 1. The van der Waals surface area contributed by atoms with Gasteiger partial charge in [0.25, 0.3) is 5.91 Å². The van der Waals surface area contributed by atoms with Crippen LogP contribution in [0.1, 0.15) is 46.3 Å². The summed E-state index contributed by atoms with van der Waals surface area (Å²) in [6, 6.07) is 11.5. The van der Waals surface area contributed by atoms with Crippen LogP contribution in [0, 0.1) is 6.92 Å². The van der Waals surface area contributed by atoms with Crippen molar-refractivity contribution >= 4 is 18.3 Å². The van der Waals surface area contributed by atoms with Crippen LogP contribution in [-0.4, -0.2) is 30.4 Å². The molecule has 1 fully saturated rings. The number of halogens is 1. The van der Waals surface area contributed by atoms with Crippen molar-refractivity contribution in [3.8, 4) is 0 Å². The number of furan rings is 1. The average Bonchev–Trinajstić information content (AvgIpc) is 3.27. The monoisotopic (exact) mass is 363 g/mol. The molecule has 5 nitrogen and oxygen atoms in total. The van der Waals surface area contributed by atoms with Gasteiger partial charge < -0.3 is 15.5 Å². The van der Waals surface area contributed by atoms with Crippen LogP contribution in [0.3, 0.4) is 0 Å². The number of benzene rings is 1. The minimum atomic E-state index is -0.0638. The van der Waals surface area contributed by atoms with Gasteiger partial charge in [0.15, 0.2) is 0 Å². The first kappa shape index (κ1) is 19.5. The zero-order valence-corrected chi connectivity index (χ0v) is 15.3. The number of amides is 1. The van der Waals surface area contributed by atoms with Gasteiger partial charge in [0, 0.05) is 18.7 Å². The Morgan fingerprint density at radius 2 is 1.88 bits per heavy atom. The Labute approximate surface area is 155 Å². The predicted molar refractivity (Wildman–Crippen MR) is 101 cm³/mol. The number of carbonyl (C=O) groups is 1. The molecule has 1 aromatic heterocycles. The third-order valence-corrected chi connectivity index (χ3v) is 4.58. The Morgan fingerprint density at radius 3 is 2.44 bits per heavy atom. The molecule has 1 saturated heterocycles. The molecular weight excluding hydrogens is 338 g/mol. The lowest BCUT2D eigenvalue weighted by Gasteiger charge is -2.26.